The molecule has 2 N–H and O–H groups in total. The summed E-state index contributed by atoms with van der Waals surface area (Å²) in [6.07, 6.45) is 8.14. The van der Waals surface area contributed by atoms with Gasteiger partial charge in [-0.2, -0.15) is 5.10 Å². The molecule has 1 aliphatic carbocycles. The smallest absolute Gasteiger partial charge is 0.161 e. The van der Waals surface area contributed by atoms with Crippen LogP contribution in [-0.2, 0) is 0 Å². The zero-order chi connectivity index (χ0) is 15.0. The molecule has 0 unspecified atom stereocenters. The van der Waals surface area contributed by atoms with Gasteiger partial charge in [-0.25, -0.2) is 0 Å². The minimum Gasteiger partial charge on any atom is -0.389 e. The van der Waals surface area contributed by atoms with Gasteiger partial charge < -0.3 is 10.6 Å². The molecule has 1 aliphatic heterocycles. The van der Waals surface area contributed by atoms with Gasteiger partial charge in [0.15, 0.2) is 5.82 Å². The van der Waals surface area contributed by atoms with Crippen molar-refractivity contribution < 1.29 is 0 Å². The minimum absolute atomic E-state index is 0.432. The lowest BCUT2D eigenvalue weighted by atomic mass is 9.77. The molecule has 0 amide bonds. The number of hydrogen-bond acceptors (Lipinski definition) is 4. The van der Waals surface area contributed by atoms with Gasteiger partial charge in [0.1, 0.15) is 4.99 Å². The van der Waals surface area contributed by atoms with E-state index in [1.165, 1.54) is 38.5 Å². The van der Waals surface area contributed by atoms with Gasteiger partial charge in [-0.3, -0.25) is 0 Å². The Bertz CT molecular complexity index is 554. The molecule has 2 fully saturated rings. The highest BCUT2D eigenvalue weighted by Crippen LogP contribution is 2.46. The van der Waals surface area contributed by atoms with E-state index in [1.54, 1.807) is 0 Å². The number of nitrogens with zero attached hydrogens (tertiary/aromatic N) is 3. The SMILES string of the molecule is Cc1nnc(N2CCC3(CCCC3)CC2)c(C(N)=S)c1C. The summed E-state index contributed by atoms with van der Waals surface area (Å²) in [5.74, 6) is 0.887. The molecule has 0 radical (unpaired) electrons. The summed E-state index contributed by atoms with van der Waals surface area (Å²) in [5, 5.41) is 8.69. The number of hydrogen-bond donors (Lipinski definition) is 1. The predicted molar refractivity (Wildman–Crippen MR) is 89.7 cm³/mol. The fourth-order valence-corrected chi connectivity index (χ4v) is 4.17. The number of thiocarbonyl (C=S) groups is 1. The maximum atomic E-state index is 5.94. The molecule has 4 nitrogen and oxygen atoms in total. The van der Waals surface area contributed by atoms with Crippen LogP contribution in [0.1, 0.15) is 55.3 Å². The average Bonchev–Trinajstić information content (AvgIpc) is 2.91. The van der Waals surface area contributed by atoms with Crippen LogP contribution in [0.4, 0.5) is 5.82 Å². The van der Waals surface area contributed by atoms with Crippen LogP contribution in [-0.4, -0.2) is 28.3 Å². The van der Waals surface area contributed by atoms with Crippen LogP contribution in [0.25, 0.3) is 0 Å². The van der Waals surface area contributed by atoms with Crippen molar-refractivity contribution in [3.8, 4) is 0 Å². The Morgan fingerprint density at radius 1 is 1.10 bits per heavy atom. The summed E-state index contributed by atoms with van der Waals surface area (Å²) in [6, 6.07) is 0. The van der Waals surface area contributed by atoms with E-state index in [0.717, 1.165) is 35.7 Å². The number of anilines is 1. The molecule has 0 bridgehead atoms. The zero-order valence-electron chi connectivity index (χ0n) is 13.0. The number of piperidine rings is 1. The predicted octanol–water partition coefficient (Wildman–Crippen LogP) is 2.89. The third kappa shape index (κ3) is 2.63. The van der Waals surface area contributed by atoms with E-state index < -0.39 is 0 Å². The lowest BCUT2D eigenvalue weighted by Crippen LogP contribution is -2.40. The van der Waals surface area contributed by atoms with Crippen molar-refractivity contribution in [2.24, 2.45) is 11.1 Å². The largest absolute Gasteiger partial charge is 0.389 e. The zero-order valence-corrected chi connectivity index (χ0v) is 13.8. The van der Waals surface area contributed by atoms with E-state index in [1.807, 2.05) is 13.8 Å². The van der Waals surface area contributed by atoms with Crippen LogP contribution in [0.2, 0.25) is 0 Å². The molecule has 1 aromatic heterocycles. The molecule has 1 saturated carbocycles. The molecule has 3 rings (SSSR count). The van der Waals surface area contributed by atoms with Crippen molar-refractivity contribution in [1.29, 1.82) is 0 Å². The van der Waals surface area contributed by atoms with E-state index in [4.69, 9.17) is 18.0 Å². The molecule has 114 valence electrons. The Labute approximate surface area is 132 Å². The van der Waals surface area contributed by atoms with Gasteiger partial charge in [0, 0.05) is 13.1 Å². The normalized spacial score (nSPS) is 21.0. The van der Waals surface area contributed by atoms with Crippen molar-refractivity contribution in [2.75, 3.05) is 18.0 Å². The molecule has 2 aliphatic rings. The Morgan fingerprint density at radius 2 is 1.71 bits per heavy atom. The van der Waals surface area contributed by atoms with Crippen LogP contribution >= 0.6 is 12.2 Å². The molecule has 2 heterocycles. The first kappa shape index (κ1) is 14.7. The van der Waals surface area contributed by atoms with Crippen LogP contribution in [0.5, 0.6) is 0 Å². The molecule has 0 atom stereocenters. The number of rotatable bonds is 2. The van der Waals surface area contributed by atoms with E-state index in [0.29, 0.717) is 10.4 Å². The summed E-state index contributed by atoms with van der Waals surface area (Å²) >= 11 is 5.25. The van der Waals surface area contributed by atoms with E-state index in [-0.39, 0.29) is 0 Å². The van der Waals surface area contributed by atoms with Crippen LogP contribution in [0.15, 0.2) is 0 Å². The van der Waals surface area contributed by atoms with Crippen LogP contribution in [0.3, 0.4) is 0 Å². The van der Waals surface area contributed by atoms with Gasteiger partial charge in [-0.05, 0) is 50.5 Å². The topological polar surface area (TPSA) is 55.0 Å². The van der Waals surface area contributed by atoms with Gasteiger partial charge in [-0.1, -0.05) is 25.1 Å². The van der Waals surface area contributed by atoms with Gasteiger partial charge >= 0.3 is 0 Å². The van der Waals surface area contributed by atoms with Crippen molar-refractivity contribution >= 4 is 23.0 Å². The first-order chi connectivity index (χ1) is 10.0. The second-order valence-corrected chi connectivity index (χ2v) is 7.11. The second kappa shape index (κ2) is 5.52. The fraction of sp³-hybridized carbons (Fsp3) is 0.688. The molecular formula is C16H24N4S. The van der Waals surface area contributed by atoms with Crippen molar-refractivity contribution in [3.63, 3.8) is 0 Å². The highest BCUT2D eigenvalue weighted by molar-refractivity contribution is 7.80. The quantitative estimate of drug-likeness (QED) is 0.851. The van der Waals surface area contributed by atoms with Crippen molar-refractivity contribution in [2.45, 2.75) is 52.4 Å². The summed E-state index contributed by atoms with van der Waals surface area (Å²) in [6.45, 7) is 6.08. The highest BCUT2D eigenvalue weighted by atomic mass is 32.1. The van der Waals surface area contributed by atoms with Gasteiger partial charge in [0.05, 0.1) is 11.3 Å². The van der Waals surface area contributed by atoms with Crippen LogP contribution in [0, 0.1) is 19.3 Å². The summed E-state index contributed by atoms with van der Waals surface area (Å²) in [7, 11) is 0. The summed E-state index contributed by atoms with van der Waals surface area (Å²) in [5.41, 5.74) is 9.44. The molecule has 0 aromatic carbocycles. The molecule has 1 aromatic rings. The maximum absolute atomic E-state index is 5.94. The average molecular weight is 304 g/mol. The third-order valence-electron chi connectivity index (χ3n) is 5.47. The number of nitrogens with two attached hydrogens (primary N) is 1. The third-order valence-corrected chi connectivity index (χ3v) is 5.67. The lowest BCUT2D eigenvalue weighted by molar-refractivity contribution is 0.226. The monoisotopic (exact) mass is 304 g/mol. The molecule has 5 heteroatoms. The summed E-state index contributed by atoms with van der Waals surface area (Å²) in [4.78, 5) is 2.76. The molecule has 1 saturated heterocycles. The van der Waals surface area contributed by atoms with Gasteiger partial charge in [-0.15, -0.1) is 5.10 Å². The van der Waals surface area contributed by atoms with Crippen molar-refractivity contribution in [3.05, 3.63) is 16.8 Å². The second-order valence-electron chi connectivity index (χ2n) is 6.67. The molecular weight excluding hydrogens is 280 g/mol. The van der Waals surface area contributed by atoms with Crippen LogP contribution < -0.4 is 10.6 Å². The van der Waals surface area contributed by atoms with E-state index in [9.17, 15) is 0 Å². The van der Waals surface area contributed by atoms with Gasteiger partial charge in [0.2, 0.25) is 0 Å². The Hall–Kier alpha value is -1.23. The number of aromatic nitrogens is 2. The Morgan fingerprint density at radius 3 is 2.29 bits per heavy atom. The Kier molecular flexibility index (Phi) is 3.86. The highest BCUT2D eigenvalue weighted by Gasteiger charge is 2.37. The number of aryl methyl sites for hydroxylation is 1. The van der Waals surface area contributed by atoms with Crippen molar-refractivity contribution in [1.82, 2.24) is 10.2 Å². The first-order valence-corrected chi connectivity index (χ1v) is 8.32. The molecule has 1 spiro atoms. The molecule has 21 heavy (non-hydrogen) atoms. The summed E-state index contributed by atoms with van der Waals surface area (Å²) < 4.78 is 0. The Balaban J connectivity index is 1.85. The van der Waals surface area contributed by atoms with E-state index in [2.05, 4.69) is 15.1 Å². The maximum Gasteiger partial charge on any atom is 0.161 e. The van der Waals surface area contributed by atoms with Gasteiger partial charge in [0.25, 0.3) is 0 Å². The standard InChI is InChI=1S/C16H24N4S/c1-11-12(2)18-19-15(13(11)14(17)21)20-9-7-16(8-10-20)5-3-4-6-16/h3-10H2,1-2H3,(H2,17,21). The first-order valence-electron chi connectivity index (χ1n) is 7.91. The fourth-order valence-electron chi connectivity index (χ4n) is 3.93. The minimum atomic E-state index is 0.432. The lowest BCUT2D eigenvalue weighted by Gasteiger charge is -2.40. The van der Waals surface area contributed by atoms with E-state index >= 15 is 0 Å².